The summed E-state index contributed by atoms with van der Waals surface area (Å²) in [6, 6.07) is 8.15. The highest BCUT2D eigenvalue weighted by molar-refractivity contribution is 9.10. The second-order valence-electron chi connectivity index (χ2n) is 4.29. The standard InChI is InChI=1S/C13H9BrF3NO3/c14-12(18(19)20)8-9(13(15,16)17)6-7-11(12)21-10-4-2-1-3-5-10/h1-8,11H/t11-,12-/m0/s1. The lowest BCUT2D eigenvalue weighted by molar-refractivity contribution is -0.530. The number of nitro groups is 1. The predicted molar refractivity (Wildman–Crippen MR) is 72.8 cm³/mol. The Labute approximate surface area is 126 Å². The third-order valence-corrected chi connectivity index (χ3v) is 3.79. The number of alkyl halides is 4. The van der Waals surface area contributed by atoms with Gasteiger partial charge < -0.3 is 4.74 Å². The molecule has 1 aliphatic rings. The first-order chi connectivity index (χ1) is 9.73. The first kappa shape index (κ1) is 15.6. The van der Waals surface area contributed by atoms with Crippen molar-refractivity contribution in [2.45, 2.75) is 16.7 Å². The van der Waals surface area contributed by atoms with Gasteiger partial charge in [0.2, 0.25) is 6.10 Å². The van der Waals surface area contributed by atoms with E-state index in [1.807, 2.05) is 0 Å². The average molecular weight is 364 g/mol. The highest BCUT2D eigenvalue weighted by Crippen LogP contribution is 2.39. The van der Waals surface area contributed by atoms with Crippen LogP contribution in [-0.2, 0) is 0 Å². The Kier molecular flexibility index (Phi) is 4.08. The fourth-order valence-corrected chi connectivity index (χ4v) is 2.27. The molecule has 0 heterocycles. The van der Waals surface area contributed by atoms with E-state index in [9.17, 15) is 23.3 Å². The number of hydrogen-bond donors (Lipinski definition) is 0. The average Bonchev–Trinajstić information content (AvgIpc) is 2.41. The van der Waals surface area contributed by atoms with Crippen LogP contribution in [0.25, 0.3) is 0 Å². The summed E-state index contributed by atoms with van der Waals surface area (Å²) in [5.41, 5.74) is -1.09. The van der Waals surface area contributed by atoms with Gasteiger partial charge in [-0.05, 0) is 18.2 Å². The molecule has 4 nitrogen and oxygen atoms in total. The van der Waals surface area contributed by atoms with Crippen LogP contribution in [0.15, 0.2) is 54.1 Å². The number of ether oxygens (including phenoxy) is 1. The van der Waals surface area contributed by atoms with Gasteiger partial charge in [0.15, 0.2) is 0 Å². The number of rotatable bonds is 3. The van der Waals surface area contributed by atoms with Gasteiger partial charge >= 0.3 is 10.6 Å². The Morgan fingerprint density at radius 3 is 2.43 bits per heavy atom. The Bertz CT molecular complexity index is 600. The van der Waals surface area contributed by atoms with E-state index in [1.54, 1.807) is 30.3 Å². The smallest absolute Gasteiger partial charge is 0.416 e. The number of halogens is 4. The van der Waals surface area contributed by atoms with Crippen molar-refractivity contribution in [2.75, 3.05) is 0 Å². The van der Waals surface area contributed by atoms with Crippen molar-refractivity contribution >= 4 is 15.9 Å². The van der Waals surface area contributed by atoms with E-state index < -0.39 is 27.2 Å². The lowest BCUT2D eigenvalue weighted by atomic mass is 10.00. The maximum Gasteiger partial charge on any atom is 0.416 e. The number of hydrogen-bond acceptors (Lipinski definition) is 3. The molecule has 8 heteroatoms. The summed E-state index contributed by atoms with van der Waals surface area (Å²) in [5, 5.41) is 11.2. The molecule has 0 aromatic heterocycles. The largest absolute Gasteiger partial charge is 0.477 e. The molecule has 0 aliphatic heterocycles. The van der Waals surface area contributed by atoms with Gasteiger partial charge in [-0.1, -0.05) is 24.3 Å². The lowest BCUT2D eigenvalue weighted by Gasteiger charge is -2.28. The van der Waals surface area contributed by atoms with Crippen molar-refractivity contribution in [3.8, 4) is 5.75 Å². The highest BCUT2D eigenvalue weighted by atomic mass is 79.9. The molecule has 0 spiro atoms. The van der Waals surface area contributed by atoms with Crippen molar-refractivity contribution in [1.82, 2.24) is 0 Å². The van der Waals surface area contributed by atoms with E-state index >= 15 is 0 Å². The van der Waals surface area contributed by atoms with E-state index in [4.69, 9.17) is 4.74 Å². The SMILES string of the molecule is O=[N+]([O-])[C@@]1(Br)C=C(C(F)(F)F)C=C[C@@H]1Oc1ccccc1. The molecule has 112 valence electrons. The van der Waals surface area contributed by atoms with Gasteiger partial charge in [0.1, 0.15) is 5.75 Å². The Morgan fingerprint density at radius 1 is 1.29 bits per heavy atom. The lowest BCUT2D eigenvalue weighted by Crippen LogP contribution is -2.46. The zero-order valence-electron chi connectivity index (χ0n) is 10.4. The second-order valence-corrected chi connectivity index (χ2v) is 5.56. The van der Waals surface area contributed by atoms with Gasteiger partial charge in [-0.25, -0.2) is 0 Å². The molecule has 0 saturated carbocycles. The van der Waals surface area contributed by atoms with Crippen LogP contribution in [0.3, 0.4) is 0 Å². The summed E-state index contributed by atoms with van der Waals surface area (Å²) in [6.07, 6.45) is -3.56. The van der Waals surface area contributed by atoms with E-state index in [0.29, 0.717) is 11.8 Å². The minimum absolute atomic E-state index is 0.321. The zero-order chi connectivity index (χ0) is 15.7. The van der Waals surface area contributed by atoms with Crippen LogP contribution >= 0.6 is 15.9 Å². The Balaban J connectivity index is 2.34. The molecule has 0 fully saturated rings. The van der Waals surface area contributed by atoms with Crippen molar-refractivity contribution in [3.63, 3.8) is 0 Å². The normalized spacial score (nSPS) is 25.3. The van der Waals surface area contributed by atoms with Crippen LogP contribution in [0, 0.1) is 10.1 Å². The summed E-state index contributed by atoms with van der Waals surface area (Å²) >= 11 is 2.77. The quantitative estimate of drug-likeness (QED) is 0.354. The van der Waals surface area contributed by atoms with Crippen molar-refractivity contribution in [2.24, 2.45) is 0 Å². The van der Waals surface area contributed by atoms with Crippen LogP contribution < -0.4 is 4.74 Å². The Hall–Kier alpha value is -1.83. The first-order valence-electron chi connectivity index (χ1n) is 5.77. The highest BCUT2D eigenvalue weighted by Gasteiger charge is 2.52. The van der Waals surface area contributed by atoms with Crippen LogP contribution in [0.4, 0.5) is 13.2 Å². The van der Waals surface area contributed by atoms with Gasteiger partial charge in [-0.15, -0.1) is 0 Å². The fraction of sp³-hybridized carbons (Fsp3) is 0.231. The Morgan fingerprint density at radius 2 is 1.90 bits per heavy atom. The number of nitrogens with zero attached hydrogens (tertiary/aromatic N) is 1. The molecule has 0 radical (unpaired) electrons. The van der Waals surface area contributed by atoms with Crippen molar-refractivity contribution in [1.29, 1.82) is 0 Å². The van der Waals surface area contributed by atoms with Gasteiger partial charge in [-0.2, -0.15) is 13.2 Å². The van der Waals surface area contributed by atoms with Gasteiger partial charge in [0.05, 0.1) is 5.57 Å². The van der Waals surface area contributed by atoms with Crippen LogP contribution in [0.1, 0.15) is 0 Å². The molecule has 21 heavy (non-hydrogen) atoms. The van der Waals surface area contributed by atoms with Crippen LogP contribution in [0.2, 0.25) is 0 Å². The summed E-state index contributed by atoms with van der Waals surface area (Å²) < 4.78 is 41.3. The summed E-state index contributed by atoms with van der Waals surface area (Å²) in [5.74, 6) is 0.321. The molecule has 1 aliphatic carbocycles. The monoisotopic (exact) mass is 363 g/mol. The maximum absolute atomic E-state index is 12.7. The molecule has 2 rings (SSSR count). The van der Waals surface area contributed by atoms with Gasteiger partial charge in [-0.3, -0.25) is 10.1 Å². The molecule has 2 atom stereocenters. The number of para-hydroxylation sites is 1. The van der Waals surface area contributed by atoms with E-state index in [0.717, 1.165) is 12.2 Å². The maximum atomic E-state index is 12.7. The van der Waals surface area contributed by atoms with Gasteiger partial charge in [0, 0.05) is 26.9 Å². The molecule has 0 N–H and O–H groups in total. The second kappa shape index (κ2) is 5.51. The van der Waals surface area contributed by atoms with Crippen molar-refractivity contribution in [3.05, 3.63) is 64.2 Å². The zero-order valence-corrected chi connectivity index (χ0v) is 12.0. The summed E-state index contributed by atoms with van der Waals surface area (Å²) in [7, 11) is 0. The van der Waals surface area contributed by atoms with E-state index in [2.05, 4.69) is 15.9 Å². The summed E-state index contributed by atoms with van der Waals surface area (Å²) in [4.78, 5) is 10.3. The molecule has 1 aromatic carbocycles. The third-order valence-electron chi connectivity index (χ3n) is 2.82. The first-order valence-corrected chi connectivity index (χ1v) is 6.56. The molecule has 0 bridgehead atoms. The van der Waals surface area contributed by atoms with Crippen LogP contribution in [0.5, 0.6) is 5.75 Å². The molecular formula is C13H9BrF3NO3. The molecular weight excluding hydrogens is 355 g/mol. The molecule has 0 unspecified atom stereocenters. The molecule has 0 saturated heterocycles. The van der Waals surface area contributed by atoms with E-state index in [-0.39, 0.29) is 0 Å². The number of benzene rings is 1. The van der Waals surface area contributed by atoms with Crippen LogP contribution in [-0.4, -0.2) is 21.7 Å². The topological polar surface area (TPSA) is 52.4 Å². The fourth-order valence-electron chi connectivity index (χ4n) is 1.77. The van der Waals surface area contributed by atoms with Crippen molar-refractivity contribution < 1.29 is 22.8 Å². The minimum Gasteiger partial charge on any atom is -0.477 e. The number of allylic oxidation sites excluding steroid dienone is 2. The minimum atomic E-state index is -4.66. The third kappa shape index (κ3) is 3.26. The van der Waals surface area contributed by atoms with E-state index in [1.165, 1.54) is 0 Å². The summed E-state index contributed by atoms with van der Waals surface area (Å²) in [6.45, 7) is 0. The predicted octanol–water partition coefficient (Wildman–Crippen LogP) is 3.86. The molecule has 0 amide bonds. The van der Waals surface area contributed by atoms with Gasteiger partial charge in [0.25, 0.3) is 0 Å². The molecule has 1 aromatic rings.